The zero-order chi connectivity index (χ0) is 24.4. The number of nitrogens with zero attached hydrogens (tertiary/aromatic N) is 3. The van der Waals surface area contributed by atoms with Gasteiger partial charge in [-0.05, 0) is 45.6 Å². The highest BCUT2D eigenvalue weighted by Crippen LogP contribution is 2.31. The lowest BCUT2D eigenvalue weighted by Gasteiger charge is -2.13. The summed E-state index contributed by atoms with van der Waals surface area (Å²) in [5.41, 5.74) is 3.91. The molecule has 2 aromatic heterocycles. The Morgan fingerprint density at radius 2 is 1.89 bits per heavy atom. The van der Waals surface area contributed by atoms with E-state index in [1.807, 2.05) is 42.5 Å². The number of carbonyl (C=O) groups excluding carboxylic acids is 2. The number of hydrogen-bond acceptors (Lipinski definition) is 6. The summed E-state index contributed by atoms with van der Waals surface area (Å²) in [6.45, 7) is 0.937. The molecule has 1 atom stereocenters. The molecule has 1 fully saturated rings. The molecule has 0 saturated carbocycles. The van der Waals surface area contributed by atoms with Crippen molar-refractivity contribution in [3.63, 3.8) is 0 Å². The van der Waals surface area contributed by atoms with E-state index in [-0.39, 0.29) is 17.6 Å². The summed E-state index contributed by atoms with van der Waals surface area (Å²) < 4.78 is 2.46. The van der Waals surface area contributed by atoms with Crippen LogP contribution in [0.1, 0.15) is 24.0 Å². The maximum atomic E-state index is 12.2. The topological polar surface area (TPSA) is 121 Å². The molecule has 35 heavy (non-hydrogen) atoms. The molecule has 1 saturated heterocycles. The van der Waals surface area contributed by atoms with Gasteiger partial charge in [-0.1, -0.05) is 36.4 Å². The number of hydrogen-bond donors (Lipinski definition) is 4. The van der Waals surface area contributed by atoms with Gasteiger partial charge in [-0.15, -0.1) is 0 Å². The van der Waals surface area contributed by atoms with E-state index in [9.17, 15) is 14.7 Å². The largest absolute Gasteiger partial charge is 0.507 e. The van der Waals surface area contributed by atoms with E-state index in [1.165, 1.54) is 0 Å². The summed E-state index contributed by atoms with van der Waals surface area (Å²) in [6, 6.07) is 16.4. The summed E-state index contributed by atoms with van der Waals surface area (Å²) in [6.07, 6.45) is 2.62. The Kier molecular flexibility index (Phi) is 6.37. The van der Waals surface area contributed by atoms with Gasteiger partial charge in [0.15, 0.2) is 5.65 Å². The highest BCUT2D eigenvalue weighted by Gasteiger charge is 2.26. The second-order valence-corrected chi connectivity index (χ2v) is 9.17. The smallest absolute Gasteiger partial charge is 0.242 e. The number of amides is 2. The van der Waals surface area contributed by atoms with Crippen LogP contribution in [-0.2, 0) is 22.7 Å². The second kappa shape index (κ2) is 9.75. The molecule has 5 rings (SSSR count). The van der Waals surface area contributed by atoms with Crippen molar-refractivity contribution in [3.05, 3.63) is 76.4 Å². The van der Waals surface area contributed by atoms with Crippen molar-refractivity contribution in [2.24, 2.45) is 0 Å². The van der Waals surface area contributed by atoms with Crippen LogP contribution >= 0.6 is 15.9 Å². The quantitative estimate of drug-likeness (QED) is 0.288. The van der Waals surface area contributed by atoms with E-state index in [0.717, 1.165) is 21.4 Å². The number of phenols is 1. The third kappa shape index (κ3) is 4.97. The van der Waals surface area contributed by atoms with Gasteiger partial charge in [0.05, 0.1) is 16.4 Å². The first kappa shape index (κ1) is 22.9. The number of nitrogens with one attached hydrogen (secondary N) is 3. The van der Waals surface area contributed by atoms with Gasteiger partial charge in [-0.2, -0.15) is 9.61 Å². The summed E-state index contributed by atoms with van der Waals surface area (Å²) >= 11 is 3.49. The molecule has 0 bridgehead atoms. The molecule has 178 valence electrons. The second-order valence-electron chi connectivity index (χ2n) is 8.32. The molecule has 9 nitrogen and oxygen atoms in total. The van der Waals surface area contributed by atoms with Crippen LogP contribution in [-0.4, -0.2) is 37.6 Å². The van der Waals surface area contributed by atoms with Crippen molar-refractivity contribution >= 4 is 39.2 Å². The van der Waals surface area contributed by atoms with Gasteiger partial charge in [0.25, 0.3) is 0 Å². The first-order valence-electron chi connectivity index (χ1n) is 11.2. The predicted molar refractivity (Wildman–Crippen MR) is 135 cm³/mol. The number of aromatic nitrogens is 3. The van der Waals surface area contributed by atoms with Gasteiger partial charge in [-0.3, -0.25) is 9.59 Å². The number of rotatable bonds is 7. The van der Waals surface area contributed by atoms with Crippen molar-refractivity contribution in [1.29, 1.82) is 0 Å². The van der Waals surface area contributed by atoms with Crippen molar-refractivity contribution in [3.8, 4) is 17.0 Å². The molecule has 10 heteroatoms. The van der Waals surface area contributed by atoms with Crippen molar-refractivity contribution in [2.75, 3.05) is 5.32 Å². The molecule has 1 aliphatic heterocycles. The Bertz CT molecular complexity index is 1400. The standard InChI is InChI=1S/C25H23BrN6O3/c26-18-14-29-32-22(11-20(31-24(18)32)17-3-1-2-4-21(17)33)27-12-15-5-7-16(8-6-15)13-28-25(35)19-9-10-23(34)30-19/h1-8,11,14,19,27,33H,9-10,12-13H2,(H,28,35)(H,30,34). The molecule has 4 N–H and O–H groups in total. The van der Waals surface area contributed by atoms with Gasteiger partial charge < -0.3 is 21.1 Å². The Hall–Kier alpha value is -3.92. The average molecular weight is 535 g/mol. The fourth-order valence-electron chi connectivity index (χ4n) is 3.98. The van der Waals surface area contributed by atoms with Crippen LogP contribution in [0.5, 0.6) is 5.75 Å². The fourth-order valence-corrected chi connectivity index (χ4v) is 4.33. The van der Waals surface area contributed by atoms with E-state index < -0.39 is 6.04 Å². The highest BCUT2D eigenvalue weighted by atomic mass is 79.9. The summed E-state index contributed by atoms with van der Waals surface area (Å²) in [7, 11) is 0. The van der Waals surface area contributed by atoms with Crippen LogP contribution < -0.4 is 16.0 Å². The first-order chi connectivity index (χ1) is 17.0. The lowest BCUT2D eigenvalue weighted by Crippen LogP contribution is -2.41. The number of anilines is 1. The number of phenolic OH excluding ortho intramolecular Hbond substituents is 1. The molecule has 4 aromatic rings. The molecule has 0 spiro atoms. The number of aromatic hydroxyl groups is 1. The van der Waals surface area contributed by atoms with E-state index in [2.05, 4.69) is 42.0 Å². The highest BCUT2D eigenvalue weighted by molar-refractivity contribution is 9.10. The maximum Gasteiger partial charge on any atom is 0.242 e. The van der Waals surface area contributed by atoms with E-state index >= 15 is 0 Å². The predicted octanol–water partition coefficient (Wildman–Crippen LogP) is 3.37. The number of para-hydroxylation sites is 1. The van der Waals surface area contributed by atoms with Crippen molar-refractivity contribution < 1.29 is 14.7 Å². The molecule has 0 radical (unpaired) electrons. The van der Waals surface area contributed by atoms with Gasteiger partial charge in [-0.25, -0.2) is 4.98 Å². The first-order valence-corrected chi connectivity index (χ1v) is 12.0. The normalized spacial score (nSPS) is 15.2. The van der Waals surface area contributed by atoms with Gasteiger partial charge >= 0.3 is 0 Å². The number of fused-ring (bicyclic) bond motifs is 1. The fraction of sp³-hybridized carbons (Fsp3) is 0.200. The van der Waals surface area contributed by atoms with E-state index in [0.29, 0.717) is 42.8 Å². The van der Waals surface area contributed by atoms with Crippen LogP contribution in [0.2, 0.25) is 0 Å². The summed E-state index contributed by atoms with van der Waals surface area (Å²) in [4.78, 5) is 28.1. The molecule has 2 amide bonds. The summed E-state index contributed by atoms with van der Waals surface area (Å²) in [5.74, 6) is 0.649. The van der Waals surface area contributed by atoms with Crippen LogP contribution in [0, 0.1) is 0 Å². The Morgan fingerprint density at radius 3 is 2.60 bits per heavy atom. The lowest BCUT2D eigenvalue weighted by molar-refractivity contribution is -0.125. The summed E-state index contributed by atoms with van der Waals surface area (Å²) in [5, 5.41) is 23.6. The number of carbonyl (C=O) groups is 2. The van der Waals surface area contributed by atoms with Crippen LogP contribution in [0.3, 0.4) is 0 Å². The third-order valence-electron chi connectivity index (χ3n) is 5.88. The van der Waals surface area contributed by atoms with Crippen molar-refractivity contribution in [1.82, 2.24) is 25.2 Å². The molecule has 0 aliphatic carbocycles. The monoisotopic (exact) mass is 534 g/mol. The van der Waals surface area contributed by atoms with Gasteiger partial charge in [0.1, 0.15) is 17.6 Å². The Balaban J connectivity index is 1.27. The molecule has 1 aliphatic rings. The van der Waals surface area contributed by atoms with Crippen LogP contribution in [0.25, 0.3) is 16.9 Å². The molecule has 1 unspecified atom stereocenters. The Morgan fingerprint density at radius 1 is 1.14 bits per heavy atom. The SMILES string of the molecule is O=C1CCC(C(=O)NCc2ccc(CNc3cc(-c4ccccc4O)nc4c(Br)cnn34)cc2)N1. The third-order valence-corrected chi connectivity index (χ3v) is 6.44. The minimum Gasteiger partial charge on any atom is -0.507 e. The van der Waals surface area contributed by atoms with Crippen LogP contribution in [0.15, 0.2) is 65.3 Å². The molecule has 2 aromatic carbocycles. The number of benzene rings is 2. The minimum atomic E-state index is -0.437. The zero-order valence-electron chi connectivity index (χ0n) is 18.7. The molecule has 3 heterocycles. The van der Waals surface area contributed by atoms with Gasteiger partial charge in [0, 0.05) is 31.1 Å². The average Bonchev–Trinajstić information content (AvgIpc) is 3.47. The maximum absolute atomic E-state index is 12.2. The molecular formula is C25H23BrN6O3. The van der Waals surface area contributed by atoms with E-state index in [1.54, 1.807) is 22.8 Å². The van der Waals surface area contributed by atoms with E-state index in [4.69, 9.17) is 0 Å². The van der Waals surface area contributed by atoms with Crippen molar-refractivity contribution in [2.45, 2.75) is 32.0 Å². The Labute approximate surface area is 209 Å². The van der Waals surface area contributed by atoms with Gasteiger partial charge in [0.2, 0.25) is 11.8 Å². The molecular weight excluding hydrogens is 512 g/mol. The number of halogens is 1. The zero-order valence-corrected chi connectivity index (χ0v) is 20.2. The lowest BCUT2D eigenvalue weighted by atomic mass is 10.1. The minimum absolute atomic E-state index is 0.0800. The van der Waals surface area contributed by atoms with Crippen LogP contribution in [0.4, 0.5) is 5.82 Å².